The maximum atomic E-state index is 14.0. The first-order valence-corrected chi connectivity index (χ1v) is 9.70. The maximum Gasteiger partial charge on any atom is 0.268 e. The van der Waals surface area contributed by atoms with Gasteiger partial charge in [-0.05, 0) is 47.9 Å². The summed E-state index contributed by atoms with van der Waals surface area (Å²) in [6, 6.07) is 14.1. The molecule has 3 aromatic rings. The fourth-order valence-electron chi connectivity index (χ4n) is 3.27. The Morgan fingerprint density at radius 2 is 1.79 bits per heavy atom. The average molecular weight is 398 g/mol. The van der Waals surface area contributed by atoms with Crippen LogP contribution in [-0.2, 0) is 0 Å². The van der Waals surface area contributed by atoms with Gasteiger partial charge >= 0.3 is 0 Å². The van der Waals surface area contributed by atoms with E-state index in [0.717, 1.165) is 22.8 Å². The molecule has 1 amide bonds. The van der Waals surface area contributed by atoms with E-state index in [1.165, 1.54) is 6.07 Å². The highest BCUT2D eigenvalue weighted by atomic mass is 32.1. The molecule has 0 N–H and O–H groups in total. The van der Waals surface area contributed by atoms with Gasteiger partial charge in [-0.1, -0.05) is 16.6 Å². The van der Waals surface area contributed by atoms with Crippen LogP contribution in [0.4, 0.5) is 10.1 Å². The number of methoxy groups -OCH3 is 1. The van der Waals surface area contributed by atoms with E-state index in [2.05, 4.69) is 9.59 Å². The van der Waals surface area contributed by atoms with Gasteiger partial charge in [0.15, 0.2) is 0 Å². The molecule has 2 heterocycles. The number of rotatable bonds is 4. The summed E-state index contributed by atoms with van der Waals surface area (Å²) in [5.74, 6) is 0.411. The predicted molar refractivity (Wildman–Crippen MR) is 106 cm³/mol. The summed E-state index contributed by atoms with van der Waals surface area (Å²) in [5.41, 5.74) is 1.98. The van der Waals surface area contributed by atoms with E-state index < -0.39 is 0 Å². The molecule has 0 saturated carbocycles. The molecule has 0 bridgehead atoms. The predicted octanol–water partition coefficient (Wildman–Crippen LogP) is 3.32. The van der Waals surface area contributed by atoms with Crippen LogP contribution in [0.15, 0.2) is 48.5 Å². The van der Waals surface area contributed by atoms with E-state index in [-0.39, 0.29) is 11.7 Å². The second kappa shape index (κ2) is 7.93. The Balaban J connectivity index is 1.48. The van der Waals surface area contributed by atoms with E-state index in [1.54, 1.807) is 24.1 Å². The number of benzene rings is 2. The molecule has 144 valence electrons. The van der Waals surface area contributed by atoms with Gasteiger partial charge in [-0.2, -0.15) is 0 Å². The normalized spacial score (nSPS) is 14.2. The van der Waals surface area contributed by atoms with Gasteiger partial charge < -0.3 is 14.5 Å². The van der Waals surface area contributed by atoms with Crippen molar-refractivity contribution in [3.63, 3.8) is 0 Å². The SMILES string of the molecule is COc1ccc(-c2nnsc2C(=O)N2CCN(c3ccccc3F)CC2)cc1. The lowest BCUT2D eigenvalue weighted by Gasteiger charge is -2.36. The number of carbonyl (C=O) groups excluding carboxylic acids is 1. The van der Waals surface area contributed by atoms with Crippen molar-refractivity contribution < 1.29 is 13.9 Å². The summed E-state index contributed by atoms with van der Waals surface area (Å²) in [4.78, 5) is 17.3. The molecular weight excluding hydrogens is 379 g/mol. The first-order chi connectivity index (χ1) is 13.7. The summed E-state index contributed by atoms with van der Waals surface area (Å²) in [5, 5.41) is 4.15. The van der Waals surface area contributed by atoms with Crippen LogP contribution in [0.25, 0.3) is 11.3 Å². The number of halogens is 1. The fourth-order valence-corrected chi connectivity index (χ4v) is 3.93. The van der Waals surface area contributed by atoms with E-state index in [9.17, 15) is 9.18 Å². The number of hydrogen-bond acceptors (Lipinski definition) is 6. The molecule has 28 heavy (non-hydrogen) atoms. The lowest BCUT2D eigenvalue weighted by atomic mass is 10.1. The van der Waals surface area contributed by atoms with Crippen LogP contribution in [0.3, 0.4) is 0 Å². The molecule has 1 saturated heterocycles. The molecule has 6 nitrogen and oxygen atoms in total. The molecule has 0 unspecified atom stereocenters. The second-order valence-corrected chi connectivity index (χ2v) is 7.16. The topological polar surface area (TPSA) is 58.6 Å². The lowest BCUT2D eigenvalue weighted by Crippen LogP contribution is -2.49. The van der Waals surface area contributed by atoms with Gasteiger partial charge in [0.25, 0.3) is 5.91 Å². The van der Waals surface area contributed by atoms with E-state index >= 15 is 0 Å². The van der Waals surface area contributed by atoms with Crippen LogP contribution in [0.2, 0.25) is 0 Å². The second-order valence-electron chi connectivity index (χ2n) is 6.41. The molecule has 4 rings (SSSR count). The van der Waals surface area contributed by atoms with Gasteiger partial charge in [-0.15, -0.1) is 5.10 Å². The van der Waals surface area contributed by atoms with Crippen LogP contribution < -0.4 is 9.64 Å². The van der Waals surface area contributed by atoms with Crippen LogP contribution in [0.5, 0.6) is 5.75 Å². The zero-order valence-corrected chi connectivity index (χ0v) is 16.2. The largest absolute Gasteiger partial charge is 0.497 e. The van der Waals surface area contributed by atoms with Gasteiger partial charge in [0.05, 0.1) is 12.8 Å². The van der Waals surface area contributed by atoms with Gasteiger partial charge in [-0.25, -0.2) is 4.39 Å². The van der Waals surface area contributed by atoms with Gasteiger partial charge in [0.2, 0.25) is 0 Å². The highest BCUT2D eigenvalue weighted by Gasteiger charge is 2.27. The first-order valence-electron chi connectivity index (χ1n) is 8.93. The third-order valence-electron chi connectivity index (χ3n) is 4.81. The fraction of sp³-hybridized carbons (Fsp3) is 0.250. The molecule has 1 aromatic heterocycles. The summed E-state index contributed by atoms with van der Waals surface area (Å²) in [6.07, 6.45) is 0. The van der Waals surface area contributed by atoms with Crippen molar-refractivity contribution in [2.75, 3.05) is 38.2 Å². The molecule has 0 aliphatic carbocycles. The van der Waals surface area contributed by atoms with Crippen LogP contribution >= 0.6 is 11.5 Å². The Kier molecular flexibility index (Phi) is 5.21. The number of piperazine rings is 1. The third-order valence-corrected chi connectivity index (χ3v) is 5.52. The highest BCUT2D eigenvalue weighted by Crippen LogP contribution is 2.28. The maximum absolute atomic E-state index is 14.0. The summed E-state index contributed by atoms with van der Waals surface area (Å²) in [7, 11) is 1.61. The van der Waals surface area contributed by atoms with Gasteiger partial charge in [0, 0.05) is 31.7 Å². The van der Waals surface area contributed by atoms with Crippen molar-refractivity contribution in [3.05, 3.63) is 59.2 Å². The van der Waals surface area contributed by atoms with Crippen LogP contribution in [-0.4, -0.2) is 53.7 Å². The lowest BCUT2D eigenvalue weighted by molar-refractivity contribution is 0.0752. The highest BCUT2D eigenvalue weighted by molar-refractivity contribution is 7.08. The van der Waals surface area contributed by atoms with Crippen LogP contribution in [0, 0.1) is 5.82 Å². The van der Waals surface area contributed by atoms with E-state index in [4.69, 9.17) is 4.74 Å². The van der Waals surface area contributed by atoms with Crippen molar-refractivity contribution in [2.24, 2.45) is 0 Å². The van der Waals surface area contributed by atoms with Crippen LogP contribution in [0.1, 0.15) is 9.67 Å². The molecule has 1 fully saturated rings. The standard InChI is InChI=1S/C20H19FN4O2S/c1-27-15-8-6-14(7-9-15)18-19(28-23-22-18)20(26)25-12-10-24(11-13-25)17-5-3-2-4-16(17)21/h2-9H,10-13H2,1H3. The Morgan fingerprint density at radius 1 is 1.07 bits per heavy atom. The summed E-state index contributed by atoms with van der Waals surface area (Å²) in [6.45, 7) is 2.20. The number of amides is 1. The number of nitrogens with zero attached hydrogens (tertiary/aromatic N) is 4. The summed E-state index contributed by atoms with van der Waals surface area (Å²) >= 11 is 1.10. The number of ether oxygens (including phenoxy) is 1. The number of anilines is 1. The van der Waals surface area contributed by atoms with E-state index in [1.807, 2.05) is 35.2 Å². The molecule has 0 spiro atoms. The smallest absolute Gasteiger partial charge is 0.268 e. The molecule has 0 radical (unpaired) electrons. The van der Waals surface area contributed by atoms with Crippen molar-refractivity contribution >= 4 is 23.1 Å². The monoisotopic (exact) mass is 398 g/mol. The number of aromatic nitrogens is 2. The molecular formula is C20H19FN4O2S. The number of carbonyl (C=O) groups is 1. The molecule has 2 aromatic carbocycles. The molecule has 8 heteroatoms. The molecule has 1 aliphatic rings. The van der Waals surface area contributed by atoms with Crippen molar-refractivity contribution in [2.45, 2.75) is 0 Å². The third kappa shape index (κ3) is 3.55. The number of para-hydroxylation sites is 1. The summed E-state index contributed by atoms with van der Waals surface area (Å²) < 4.78 is 23.2. The van der Waals surface area contributed by atoms with Crippen molar-refractivity contribution in [3.8, 4) is 17.0 Å². The minimum atomic E-state index is -0.240. The van der Waals surface area contributed by atoms with Gasteiger partial charge in [0.1, 0.15) is 22.1 Å². The average Bonchev–Trinajstić information content (AvgIpc) is 3.24. The Morgan fingerprint density at radius 3 is 2.46 bits per heavy atom. The zero-order valence-electron chi connectivity index (χ0n) is 15.3. The zero-order chi connectivity index (χ0) is 19.5. The van der Waals surface area contributed by atoms with E-state index in [0.29, 0.717) is 42.4 Å². The first kappa shape index (κ1) is 18.4. The Bertz CT molecular complexity index is 968. The quantitative estimate of drug-likeness (QED) is 0.675. The minimum Gasteiger partial charge on any atom is -0.497 e. The minimum absolute atomic E-state index is 0.0889. The van der Waals surface area contributed by atoms with Crippen molar-refractivity contribution in [1.82, 2.24) is 14.5 Å². The number of hydrogen-bond donors (Lipinski definition) is 0. The Hall–Kier alpha value is -3.00. The molecule has 1 aliphatic heterocycles. The van der Waals surface area contributed by atoms with Gasteiger partial charge in [-0.3, -0.25) is 4.79 Å². The van der Waals surface area contributed by atoms with Crippen molar-refractivity contribution in [1.29, 1.82) is 0 Å². The Labute approximate surface area is 166 Å². The molecule has 0 atom stereocenters.